The highest BCUT2D eigenvalue weighted by Gasteiger charge is 2.37. The Labute approximate surface area is 115 Å². The number of halogens is 3. The molecule has 0 aromatic carbocycles. The standard InChI is InChI=1S/C12H20F3N3O2/c1-11(16)5-3-2-4-8(11)10(20)17-6-9(19)18-7-12(13,14)15/h8H,2-7,16H2,1H3,(H,17,20)(H,18,19). The molecule has 1 saturated carbocycles. The number of amides is 2. The van der Waals surface area contributed by atoms with Gasteiger partial charge in [-0.05, 0) is 19.8 Å². The maximum absolute atomic E-state index is 11.9. The zero-order chi connectivity index (χ0) is 15.4. The van der Waals surface area contributed by atoms with Crippen molar-refractivity contribution in [2.24, 2.45) is 11.7 Å². The normalized spacial score (nSPS) is 26.9. The molecule has 0 aliphatic heterocycles. The third-order valence-corrected chi connectivity index (χ3v) is 3.48. The molecule has 20 heavy (non-hydrogen) atoms. The molecule has 8 heteroatoms. The molecule has 0 heterocycles. The molecule has 0 radical (unpaired) electrons. The van der Waals surface area contributed by atoms with Gasteiger partial charge in [-0.15, -0.1) is 0 Å². The van der Waals surface area contributed by atoms with Gasteiger partial charge in [-0.3, -0.25) is 9.59 Å². The van der Waals surface area contributed by atoms with Crippen molar-refractivity contribution in [2.45, 2.75) is 44.3 Å². The lowest BCUT2D eigenvalue weighted by Crippen LogP contribution is -2.54. The van der Waals surface area contributed by atoms with Gasteiger partial charge in [-0.1, -0.05) is 12.8 Å². The Kier molecular flexibility index (Phi) is 5.38. The van der Waals surface area contributed by atoms with E-state index in [2.05, 4.69) is 5.32 Å². The van der Waals surface area contributed by atoms with Gasteiger partial charge in [0, 0.05) is 5.54 Å². The lowest BCUT2D eigenvalue weighted by molar-refractivity contribution is -0.139. The molecule has 1 fully saturated rings. The van der Waals surface area contributed by atoms with Gasteiger partial charge in [-0.25, -0.2) is 0 Å². The summed E-state index contributed by atoms with van der Waals surface area (Å²) in [5.74, 6) is -1.66. The van der Waals surface area contributed by atoms with Crippen LogP contribution < -0.4 is 16.4 Å². The lowest BCUT2D eigenvalue weighted by Gasteiger charge is -2.37. The van der Waals surface area contributed by atoms with Crippen LogP contribution in [0, 0.1) is 5.92 Å². The first kappa shape index (κ1) is 16.7. The smallest absolute Gasteiger partial charge is 0.347 e. The molecule has 0 saturated heterocycles. The third kappa shape index (κ3) is 5.36. The third-order valence-electron chi connectivity index (χ3n) is 3.48. The summed E-state index contributed by atoms with van der Waals surface area (Å²) in [4.78, 5) is 23.1. The Morgan fingerprint density at radius 3 is 2.50 bits per heavy atom. The second-order valence-electron chi connectivity index (χ2n) is 5.41. The van der Waals surface area contributed by atoms with Crippen LogP contribution in [0.4, 0.5) is 13.2 Å². The highest BCUT2D eigenvalue weighted by Crippen LogP contribution is 2.31. The van der Waals surface area contributed by atoms with Crippen molar-refractivity contribution in [1.82, 2.24) is 10.6 Å². The predicted molar refractivity (Wildman–Crippen MR) is 66.6 cm³/mol. The van der Waals surface area contributed by atoms with Crippen molar-refractivity contribution in [3.63, 3.8) is 0 Å². The minimum Gasteiger partial charge on any atom is -0.347 e. The van der Waals surface area contributed by atoms with Crippen LogP contribution in [0.15, 0.2) is 0 Å². The first-order chi connectivity index (χ1) is 9.12. The number of nitrogens with two attached hydrogens (primary N) is 1. The van der Waals surface area contributed by atoms with Gasteiger partial charge in [0.05, 0.1) is 12.5 Å². The summed E-state index contributed by atoms with van der Waals surface area (Å²) in [6.07, 6.45) is -1.29. The number of hydrogen-bond acceptors (Lipinski definition) is 3. The molecule has 1 aliphatic rings. The van der Waals surface area contributed by atoms with Crippen molar-refractivity contribution in [3.8, 4) is 0 Å². The fourth-order valence-electron chi connectivity index (χ4n) is 2.34. The van der Waals surface area contributed by atoms with Crippen LogP contribution in [-0.4, -0.2) is 36.6 Å². The van der Waals surface area contributed by atoms with Gasteiger partial charge in [0.1, 0.15) is 6.54 Å². The fraction of sp³-hybridized carbons (Fsp3) is 0.833. The zero-order valence-corrected chi connectivity index (χ0v) is 11.3. The van der Waals surface area contributed by atoms with E-state index in [4.69, 9.17) is 5.73 Å². The van der Waals surface area contributed by atoms with E-state index >= 15 is 0 Å². The van der Waals surface area contributed by atoms with Crippen molar-refractivity contribution in [3.05, 3.63) is 0 Å². The fourth-order valence-corrected chi connectivity index (χ4v) is 2.34. The molecule has 2 unspecified atom stereocenters. The quantitative estimate of drug-likeness (QED) is 0.713. The minimum absolute atomic E-state index is 0.378. The Bertz CT molecular complexity index is 369. The molecule has 5 nitrogen and oxygen atoms in total. The largest absolute Gasteiger partial charge is 0.405 e. The first-order valence-corrected chi connectivity index (χ1v) is 6.52. The molecule has 0 spiro atoms. The summed E-state index contributed by atoms with van der Waals surface area (Å²) in [5, 5.41) is 4.04. The van der Waals surface area contributed by atoms with E-state index in [1.807, 2.05) is 0 Å². The van der Waals surface area contributed by atoms with E-state index in [0.29, 0.717) is 12.8 Å². The molecular formula is C12H20F3N3O2. The number of carbonyl (C=O) groups excluding carboxylic acids is 2. The van der Waals surface area contributed by atoms with Gasteiger partial charge in [0.15, 0.2) is 0 Å². The van der Waals surface area contributed by atoms with Gasteiger partial charge in [-0.2, -0.15) is 13.2 Å². The van der Waals surface area contributed by atoms with Crippen LogP contribution in [0.1, 0.15) is 32.6 Å². The molecule has 1 aliphatic carbocycles. The molecule has 2 atom stereocenters. The maximum Gasteiger partial charge on any atom is 0.405 e. The molecule has 4 N–H and O–H groups in total. The second-order valence-corrected chi connectivity index (χ2v) is 5.41. The van der Waals surface area contributed by atoms with E-state index in [-0.39, 0.29) is 5.91 Å². The molecule has 2 amide bonds. The average Bonchev–Trinajstić information content (AvgIpc) is 2.32. The maximum atomic E-state index is 11.9. The summed E-state index contributed by atoms with van der Waals surface area (Å²) in [6.45, 7) is -0.0959. The van der Waals surface area contributed by atoms with Gasteiger partial charge in [0.2, 0.25) is 11.8 Å². The molecule has 116 valence electrons. The van der Waals surface area contributed by atoms with E-state index in [9.17, 15) is 22.8 Å². The minimum atomic E-state index is -4.46. The van der Waals surface area contributed by atoms with Crippen LogP contribution in [0.25, 0.3) is 0 Å². The van der Waals surface area contributed by atoms with E-state index < -0.39 is 36.6 Å². The van der Waals surface area contributed by atoms with Crippen molar-refractivity contribution in [2.75, 3.05) is 13.1 Å². The van der Waals surface area contributed by atoms with Gasteiger partial charge < -0.3 is 16.4 Å². The molecule has 0 bridgehead atoms. The average molecular weight is 295 g/mol. The number of nitrogens with one attached hydrogen (secondary N) is 2. The van der Waals surface area contributed by atoms with Crippen LogP contribution in [0.2, 0.25) is 0 Å². The monoisotopic (exact) mass is 295 g/mol. The molecular weight excluding hydrogens is 275 g/mol. The summed E-state index contributed by atoms with van der Waals surface area (Å²) in [6, 6.07) is 0. The van der Waals surface area contributed by atoms with Crippen molar-refractivity contribution >= 4 is 11.8 Å². The Hall–Kier alpha value is -1.31. The highest BCUT2D eigenvalue weighted by molar-refractivity contribution is 5.86. The number of carbonyl (C=O) groups is 2. The van der Waals surface area contributed by atoms with E-state index in [0.717, 1.165) is 12.8 Å². The molecule has 1 rings (SSSR count). The Balaban J connectivity index is 2.37. The summed E-state index contributed by atoms with van der Waals surface area (Å²) in [5.41, 5.74) is 5.40. The highest BCUT2D eigenvalue weighted by atomic mass is 19.4. The van der Waals surface area contributed by atoms with Gasteiger partial charge in [0.25, 0.3) is 0 Å². The van der Waals surface area contributed by atoms with Crippen LogP contribution in [-0.2, 0) is 9.59 Å². The summed E-state index contributed by atoms with van der Waals surface area (Å²) >= 11 is 0. The van der Waals surface area contributed by atoms with Crippen LogP contribution in [0.5, 0.6) is 0 Å². The number of alkyl halides is 3. The van der Waals surface area contributed by atoms with Crippen LogP contribution in [0.3, 0.4) is 0 Å². The molecule has 0 aromatic heterocycles. The lowest BCUT2D eigenvalue weighted by atomic mass is 9.74. The van der Waals surface area contributed by atoms with Gasteiger partial charge >= 0.3 is 6.18 Å². The Morgan fingerprint density at radius 2 is 1.95 bits per heavy atom. The van der Waals surface area contributed by atoms with Crippen molar-refractivity contribution < 1.29 is 22.8 Å². The SMILES string of the molecule is CC1(N)CCCCC1C(=O)NCC(=O)NCC(F)(F)F. The molecule has 0 aromatic rings. The van der Waals surface area contributed by atoms with E-state index in [1.165, 1.54) is 0 Å². The van der Waals surface area contributed by atoms with Crippen LogP contribution >= 0.6 is 0 Å². The summed E-state index contributed by atoms with van der Waals surface area (Å²) < 4.78 is 35.7. The predicted octanol–water partition coefficient (Wildman–Crippen LogP) is 0.689. The zero-order valence-electron chi connectivity index (χ0n) is 11.3. The summed E-state index contributed by atoms with van der Waals surface area (Å²) in [7, 11) is 0. The first-order valence-electron chi connectivity index (χ1n) is 6.52. The Morgan fingerprint density at radius 1 is 1.30 bits per heavy atom. The number of hydrogen-bond donors (Lipinski definition) is 3. The van der Waals surface area contributed by atoms with E-state index in [1.54, 1.807) is 12.2 Å². The van der Waals surface area contributed by atoms with Crippen molar-refractivity contribution in [1.29, 1.82) is 0 Å². The topological polar surface area (TPSA) is 84.2 Å². The number of rotatable bonds is 4. The second kappa shape index (κ2) is 6.43.